The lowest BCUT2D eigenvalue weighted by molar-refractivity contribution is -0.384. The topological polar surface area (TPSA) is 125 Å². The van der Waals surface area contributed by atoms with Crippen LogP contribution in [0.2, 0.25) is 0 Å². The number of non-ortho nitro benzene ring substituents is 1. The Morgan fingerprint density at radius 1 is 1.09 bits per heavy atom. The number of nitro benzene ring substituents is 1. The highest BCUT2D eigenvalue weighted by atomic mass is 16.6. The van der Waals surface area contributed by atoms with Gasteiger partial charge in [0.15, 0.2) is 0 Å². The molecule has 3 N–H and O–H groups in total. The zero-order valence-electron chi connectivity index (χ0n) is 11.2. The fourth-order valence-electron chi connectivity index (χ4n) is 1.70. The van der Waals surface area contributed by atoms with Crippen LogP contribution < -0.4 is 15.8 Å². The van der Waals surface area contributed by atoms with Crippen molar-refractivity contribution in [3.8, 4) is 5.75 Å². The number of hydrogen-bond donors (Lipinski definition) is 2. The SMILES string of the molecule is NC(=O)Nc1ccccc1C(=O)Oc1ccc([N+](=O)[O-])cc1. The molecule has 0 saturated carbocycles. The zero-order valence-corrected chi connectivity index (χ0v) is 11.2. The van der Waals surface area contributed by atoms with Crippen LogP contribution in [0.1, 0.15) is 10.4 Å². The van der Waals surface area contributed by atoms with E-state index >= 15 is 0 Å². The molecule has 0 unspecified atom stereocenters. The average molecular weight is 301 g/mol. The highest BCUT2D eigenvalue weighted by molar-refractivity contribution is 6.01. The number of esters is 1. The number of anilines is 1. The van der Waals surface area contributed by atoms with Crippen LogP contribution in [0.5, 0.6) is 5.75 Å². The molecule has 0 bridgehead atoms. The van der Waals surface area contributed by atoms with Gasteiger partial charge < -0.3 is 15.8 Å². The normalized spacial score (nSPS) is 9.82. The summed E-state index contributed by atoms with van der Waals surface area (Å²) in [6, 6.07) is 10.4. The van der Waals surface area contributed by atoms with Crippen LogP contribution in [0.15, 0.2) is 48.5 Å². The zero-order chi connectivity index (χ0) is 16.1. The molecule has 22 heavy (non-hydrogen) atoms. The van der Waals surface area contributed by atoms with Gasteiger partial charge in [-0.25, -0.2) is 9.59 Å². The number of ether oxygens (including phenoxy) is 1. The van der Waals surface area contributed by atoms with E-state index in [1.165, 1.54) is 36.4 Å². The van der Waals surface area contributed by atoms with E-state index in [2.05, 4.69) is 5.32 Å². The van der Waals surface area contributed by atoms with Crippen molar-refractivity contribution in [2.75, 3.05) is 5.32 Å². The number of nitrogens with zero attached hydrogens (tertiary/aromatic N) is 1. The first-order chi connectivity index (χ1) is 10.5. The first kappa shape index (κ1) is 15.0. The van der Waals surface area contributed by atoms with Crippen molar-refractivity contribution in [1.29, 1.82) is 0 Å². The molecule has 0 aliphatic rings. The van der Waals surface area contributed by atoms with Gasteiger partial charge in [-0.1, -0.05) is 12.1 Å². The van der Waals surface area contributed by atoms with E-state index in [1.54, 1.807) is 12.1 Å². The quantitative estimate of drug-likeness (QED) is 0.388. The van der Waals surface area contributed by atoms with Crippen molar-refractivity contribution in [3.63, 3.8) is 0 Å². The summed E-state index contributed by atoms with van der Waals surface area (Å²) in [5, 5.41) is 12.9. The second-order valence-corrected chi connectivity index (χ2v) is 4.18. The number of nitrogens with two attached hydrogens (primary N) is 1. The molecule has 0 fully saturated rings. The number of urea groups is 1. The van der Waals surface area contributed by atoms with Gasteiger partial charge in [0.2, 0.25) is 0 Å². The molecule has 2 aromatic carbocycles. The van der Waals surface area contributed by atoms with Gasteiger partial charge >= 0.3 is 12.0 Å². The van der Waals surface area contributed by atoms with Crippen molar-refractivity contribution < 1.29 is 19.2 Å². The molecule has 112 valence electrons. The van der Waals surface area contributed by atoms with E-state index in [0.29, 0.717) is 0 Å². The Hall–Kier alpha value is -3.42. The molecule has 0 aromatic heterocycles. The maximum atomic E-state index is 12.1. The van der Waals surface area contributed by atoms with Gasteiger partial charge in [0.1, 0.15) is 5.75 Å². The second-order valence-electron chi connectivity index (χ2n) is 4.18. The Bertz CT molecular complexity index is 728. The van der Waals surface area contributed by atoms with Crippen LogP contribution in [-0.4, -0.2) is 16.9 Å². The van der Waals surface area contributed by atoms with Gasteiger partial charge in [0, 0.05) is 12.1 Å². The smallest absolute Gasteiger partial charge is 0.345 e. The predicted octanol–water partition coefficient (Wildman–Crippen LogP) is 2.30. The maximum Gasteiger partial charge on any atom is 0.345 e. The maximum absolute atomic E-state index is 12.1. The lowest BCUT2D eigenvalue weighted by atomic mass is 10.2. The number of benzene rings is 2. The summed E-state index contributed by atoms with van der Waals surface area (Å²) in [4.78, 5) is 33.0. The van der Waals surface area contributed by atoms with E-state index < -0.39 is 16.9 Å². The molecule has 2 rings (SSSR count). The van der Waals surface area contributed by atoms with E-state index in [9.17, 15) is 19.7 Å². The van der Waals surface area contributed by atoms with Crippen LogP contribution in [0.25, 0.3) is 0 Å². The fourth-order valence-corrected chi connectivity index (χ4v) is 1.70. The lowest BCUT2D eigenvalue weighted by Crippen LogP contribution is -2.21. The van der Waals surface area contributed by atoms with Crippen LogP contribution in [0.3, 0.4) is 0 Å². The second kappa shape index (κ2) is 6.35. The molecule has 0 atom stereocenters. The summed E-state index contributed by atoms with van der Waals surface area (Å²) in [6.07, 6.45) is 0. The number of primary amides is 1. The summed E-state index contributed by atoms with van der Waals surface area (Å²) in [5.41, 5.74) is 5.23. The average Bonchev–Trinajstić information content (AvgIpc) is 2.47. The predicted molar refractivity (Wildman–Crippen MR) is 77.7 cm³/mol. The number of amides is 2. The van der Waals surface area contributed by atoms with E-state index in [-0.39, 0.29) is 22.7 Å². The van der Waals surface area contributed by atoms with E-state index in [4.69, 9.17) is 10.5 Å². The van der Waals surface area contributed by atoms with Gasteiger partial charge in [-0.3, -0.25) is 10.1 Å². The Labute approximate surface area is 124 Å². The molecular weight excluding hydrogens is 290 g/mol. The molecule has 0 saturated heterocycles. The summed E-state index contributed by atoms with van der Waals surface area (Å²) in [6.45, 7) is 0. The standard InChI is InChI=1S/C14H11N3O5/c15-14(19)16-12-4-2-1-3-11(12)13(18)22-10-7-5-9(6-8-10)17(20)21/h1-8H,(H3,15,16,19). The Morgan fingerprint density at radius 2 is 1.73 bits per heavy atom. The van der Waals surface area contributed by atoms with Crippen LogP contribution in [-0.2, 0) is 0 Å². The number of para-hydroxylation sites is 1. The number of carbonyl (C=O) groups is 2. The van der Waals surface area contributed by atoms with Gasteiger partial charge in [0.05, 0.1) is 16.2 Å². The van der Waals surface area contributed by atoms with Gasteiger partial charge in [-0.05, 0) is 24.3 Å². The molecule has 8 heteroatoms. The number of hydrogen-bond acceptors (Lipinski definition) is 5. The van der Waals surface area contributed by atoms with E-state index in [1.807, 2.05) is 0 Å². The molecule has 2 aromatic rings. The van der Waals surface area contributed by atoms with Gasteiger partial charge in [-0.15, -0.1) is 0 Å². The highest BCUT2D eigenvalue weighted by Crippen LogP contribution is 2.21. The monoisotopic (exact) mass is 301 g/mol. The van der Waals surface area contributed by atoms with Crippen molar-refractivity contribution in [2.24, 2.45) is 5.73 Å². The fraction of sp³-hybridized carbons (Fsp3) is 0. The Balaban J connectivity index is 2.18. The van der Waals surface area contributed by atoms with Gasteiger partial charge in [0.25, 0.3) is 5.69 Å². The minimum atomic E-state index is -0.810. The molecule has 0 aliphatic carbocycles. The van der Waals surface area contributed by atoms with Crippen molar-refractivity contribution in [3.05, 3.63) is 64.2 Å². The third-order valence-electron chi connectivity index (χ3n) is 2.66. The molecule has 0 aliphatic heterocycles. The summed E-state index contributed by atoms with van der Waals surface area (Å²) in [5.74, 6) is -0.581. The number of nitro groups is 1. The van der Waals surface area contributed by atoms with Crippen LogP contribution in [0.4, 0.5) is 16.2 Å². The highest BCUT2D eigenvalue weighted by Gasteiger charge is 2.15. The largest absolute Gasteiger partial charge is 0.423 e. The third-order valence-corrected chi connectivity index (χ3v) is 2.66. The Kier molecular flexibility index (Phi) is 4.33. The molecule has 2 amide bonds. The lowest BCUT2D eigenvalue weighted by Gasteiger charge is -2.09. The summed E-state index contributed by atoms with van der Waals surface area (Å²) >= 11 is 0. The number of rotatable bonds is 4. The summed E-state index contributed by atoms with van der Waals surface area (Å²) < 4.78 is 5.10. The third kappa shape index (κ3) is 3.57. The van der Waals surface area contributed by atoms with Crippen LogP contribution >= 0.6 is 0 Å². The minimum absolute atomic E-state index is 0.111. The van der Waals surface area contributed by atoms with Crippen molar-refractivity contribution >= 4 is 23.4 Å². The number of nitrogens with one attached hydrogen (secondary N) is 1. The Morgan fingerprint density at radius 3 is 2.32 bits per heavy atom. The first-order valence-electron chi connectivity index (χ1n) is 6.09. The van der Waals surface area contributed by atoms with E-state index in [0.717, 1.165) is 0 Å². The van der Waals surface area contributed by atoms with Crippen LogP contribution in [0, 0.1) is 10.1 Å². The molecule has 0 spiro atoms. The number of carbonyl (C=O) groups excluding carboxylic acids is 2. The minimum Gasteiger partial charge on any atom is -0.423 e. The van der Waals surface area contributed by atoms with Crippen molar-refractivity contribution in [2.45, 2.75) is 0 Å². The van der Waals surface area contributed by atoms with Gasteiger partial charge in [-0.2, -0.15) is 0 Å². The molecule has 0 radical (unpaired) electrons. The first-order valence-corrected chi connectivity index (χ1v) is 6.09. The van der Waals surface area contributed by atoms with Crippen molar-refractivity contribution in [1.82, 2.24) is 0 Å². The molecular formula is C14H11N3O5. The summed E-state index contributed by atoms with van der Waals surface area (Å²) in [7, 11) is 0. The molecule has 0 heterocycles. The molecule has 8 nitrogen and oxygen atoms in total.